The van der Waals surface area contributed by atoms with Crippen molar-refractivity contribution in [2.45, 2.75) is 19.4 Å². The van der Waals surface area contributed by atoms with Crippen LogP contribution in [0.4, 0.5) is 0 Å². The molecule has 1 heterocycles. The van der Waals surface area contributed by atoms with E-state index in [2.05, 4.69) is 4.98 Å². The lowest BCUT2D eigenvalue weighted by atomic mass is 10.1. The van der Waals surface area contributed by atoms with Crippen molar-refractivity contribution < 1.29 is 0 Å². The summed E-state index contributed by atoms with van der Waals surface area (Å²) >= 11 is 12.0. The van der Waals surface area contributed by atoms with Gasteiger partial charge in [0.05, 0.1) is 15.9 Å². The number of hydrogen-bond acceptors (Lipinski definition) is 2. The predicted octanol–water partition coefficient (Wildman–Crippen LogP) is 3.63. The highest BCUT2D eigenvalue weighted by molar-refractivity contribution is 6.38. The fourth-order valence-corrected chi connectivity index (χ4v) is 3.16. The summed E-state index contributed by atoms with van der Waals surface area (Å²) in [7, 11) is 0. The second-order valence-corrected chi connectivity index (χ2v) is 6.13. The fourth-order valence-electron chi connectivity index (χ4n) is 2.59. The van der Waals surface area contributed by atoms with E-state index in [0.29, 0.717) is 23.5 Å². The fraction of sp³-hybridized carbons (Fsp3) is 0.176. The largest absolute Gasteiger partial charge is 0.328 e. The molecule has 0 fully saturated rings. The van der Waals surface area contributed by atoms with E-state index in [-0.39, 0.29) is 10.4 Å². The first-order chi connectivity index (χ1) is 11.1. The van der Waals surface area contributed by atoms with Gasteiger partial charge in [-0.15, -0.1) is 0 Å². The van der Waals surface area contributed by atoms with E-state index in [0.717, 1.165) is 6.42 Å². The minimum absolute atomic E-state index is 0.241. The Hall–Kier alpha value is -2.04. The molecule has 4 nitrogen and oxygen atoms in total. The van der Waals surface area contributed by atoms with Crippen molar-refractivity contribution >= 4 is 34.1 Å². The third-order valence-electron chi connectivity index (χ3n) is 3.69. The molecule has 0 aliphatic rings. The van der Waals surface area contributed by atoms with Crippen molar-refractivity contribution in [1.82, 2.24) is 9.55 Å². The molecule has 0 unspecified atom stereocenters. The van der Waals surface area contributed by atoms with Crippen LogP contribution < -0.4 is 11.2 Å². The number of fused-ring (bicyclic) bond motifs is 1. The smallest absolute Gasteiger partial charge is 0.307 e. The summed E-state index contributed by atoms with van der Waals surface area (Å²) in [6.45, 7) is 0.331. The Labute approximate surface area is 142 Å². The number of hydrogen-bond donors (Lipinski definition) is 1. The SMILES string of the molecule is O=c1[nH]c2cc(Cl)cc(Cl)c2c(=O)n1CCCc1ccccc1. The standard InChI is InChI=1S/C17H14Cl2N2O2/c18-12-9-13(19)15-14(10-12)20-17(23)21(16(15)22)8-4-7-11-5-2-1-3-6-11/h1-3,5-6,9-10H,4,7-8H2,(H,20,23). The van der Waals surface area contributed by atoms with E-state index in [9.17, 15) is 9.59 Å². The second kappa shape index (κ2) is 6.60. The van der Waals surface area contributed by atoms with Gasteiger partial charge >= 0.3 is 5.69 Å². The number of aromatic amines is 1. The maximum absolute atomic E-state index is 12.5. The number of benzene rings is 2. The van der Waals surface area contributed by atoms with Gasteiger partial charge < -0.3 is 4.98 Å². The second-order valence-electron chi connectivity index (χ2n) is 5.29. The van der Waals surface area contributed by atoms with Crippen LogP contribution in [0.2, 0.25) is 10.0 Å². The van der Waals surface area contributed by atoms with Crippen molar-refractivity contribution in [3.8, 4) is 0 Å². The molecular weight excluding hydrogens is 335 g/mol. The molecule has 0 atom stereocenters. The normalized spacial score (nSPS) is 11.0. The molecule has 23 heavy (non-hydrogen) atoms. The Morgan fingerprint density at radius 1 is 1.04 bits per heavy atom. The first kappa shape index (κ1) is 15.8. The van der Waals surface area contributed by atoms with E-state index in [1.165, 1.54) is 22.3 Å². The summed E-state index contributed by atoms with van der Waals surface area (Å²) in [5.41, 5.74) is 0.687. The molecule has 0 aliphatic carbocycles. The van der Waals surface area contributed by atoms with E-state index in [1.807, 2.05) is 30.3 Å². The maximum Gasteiger partial charge on any atom is 0.328 e. The molecule has 0 spiro atoms. The molecule has 0 aliphatic heterocycles. The van der Waals surface area contributed by atoms with Crippen LogP contribution in [0.15, 0.2) is 52.1 Å². The van der Waals surface area contributed by atoms with Crippen molar-refractivity contribution in [2.24, 2.45) is 0 Å². The van der Waals surface area contributed by atoms with Crippen LogP contribution in [0.25, 0.3) is 10.9 Å². The van der Waals surface area contributed by atoms with Gasteiger partial charge in [0, 0.05) is 11.6 Å². The highest BCUT2D eigenvalue weighted by Crippen LogP contribution is 2.23. The van der Waals surface area contributed by atoms with Crippen LogP contribution >= 0.6 is 23.2 Å². The van der Waals surface area contributed by atoms with Gasteiger partial charge in [0.25, 0.3) is 5.56 Å². The summed E-state index contributed by atoms with van der Waals surface area (Å²) in [5, 5.41) is 0.903. The summed E-state index contributed by atoms with van der Waals surface area (Å²) in [6.07, 6.45) is 1.48. The zero-order valence-corrected chi connectivity index (χ0v) is 13.7. The van der Waals surface area contributed by atoms with Crippen LogP contribution in [0.3, 0.4) is 0 Å². The predicted molar refractivity (Wildman–Crippen MR) is 93.6 cm³/mol. The van der Waals surface area contributed by atoms with Crippen LogP contribution in [0.5, 0.6) is 0 Å². The molecule has 1 aromatic heterocycles. The first-order valence-corrected chi connectivity index (χ1v) is 7.97. The van der Waals surface area contributed by atoms with Crippen molar-refractivity contribution in [2.75, 3.05) is 0 Å². The third kappa shape index (κ3) is 3.33. The lowest BCUT2D eigenvalue weighted by Crippen LogP contribution is -2.35. The molecule has 0 saturated heterocycles. The quantitative estimate of drug-likeness (QED) is 0.782. The summed E-state index contributed by atoms with van der Waals surface area (Å²) in [5.74, 6) is 0. The topological polar surface area (TPSA) is 54.9 Å². The minimum atomic E-state index is -0.450. The van der Waals surface area contributed by atoms with Crippen LogP contribution in [0.1, 0.15) is 12.0 Å². The Morgan fingerprint density at radius 2 is 1.78 bits per heavy atom. The first-order valence-electron chi connectivity index (χ1n) is 7.22. The number of halogens is 2. The summed E-state index contributed by atoms with van der Waals surface area (Å²) in [6, 6.07) is 13.0. The number of nitrogens with one attached hydrogen (secondary N) is 1. The molecule has 6 heteroatoms. The van der Waals surface area contributed by atoms with Crippen molar-refractivity contribution in [1.29, 1.82) is 0 Å². The minimum Gasteiger partial charge on any atom is -0.307 e. The Balaban J connectivity index is 1.92. The monoisotopic (exact) mass is 348 g/mol. The lowest BCUT2D eigenvalue weighted by molar-refractivity contribution is 0.597. The average molecular weight is 349 g/mol. The highest BCUT2D eigenvalue weighted by Gasteiger charge is 2.11. The van der Waals surface area contributed by atoms with E-state index in [1.54, 1.807) is 0 Å². The third-order valence-corrected chi connectivity index (χ3v) is 4.21. The number of aromatic nitrogens is 2. The average Bonchev–Trinajstić information content (AvgIpc) is 2.50. The van der Waals surface area contributed by atoms with E-state index in [4.69, 9.17) is 23.2 Å². The van der Waals surface area contributed by atoms with Gasteiger partial charge in [-0.3, -0.25) is 9.36 Å². The van der Waals surface area contributed by atoms with Gasteiger partial charge in [0.2, 0.25) is 0 Å². The van der Waals surface area contributed by atoms with E-state index >= 15 is 0 Å². The number of H-pyrrole nitrogens is 1. The van der Waals surface area contributed by atoms with Crippen molar-refractivity contribution in [3.63, 3.8) is 0 Å². The zero-order chi connectivity index (χ0) is 16.4. The van der Waals surface area contributed by atoms with Gasteiger partial charge in [-0.2, -0.15) is 0 Å². The molecule has 1 N–H and O–H groups in total. The van der Waals surface area contributed by atoms with Gasteiger partial charge in [-0.25, -0.2) is 4.79 Å². The van der Waals surface area contributed by atoms with Gasteiger partial charge in [-0.1, -0.05) is 53.5 Å². The lowest BCUT2D eigenvalue weighted by Gasteiger charge is -2.08. The maximum atomic E-state index is 12.5. The van der Waals surface area contributed by atoms with Gasteiger partial charge in [0.15, 0.2) is 0 Å². The molecule has 3 rings (SSSR count). The molecule has 2 aromatic carbocycles. The van der Waals surface area contributed by atoms with E-state index < -0.39 is 11.2 Å². The number of nitrogens with zero attached hydrogens (tertiary/aromatic N) is 1. The molecule has 0 radical (unpaired) electrons. The van der Waals surface area contributed by atoms with Crippen molar-refractivity contribution in [3.05, 3.63) is 78.9 Å². The summed E-state index contributed by atoms with van der Waals surface area (Å²) in [4.78, 5) is 27.3. The number of rotatable bonds is 4. The van der Waals surface area contributed by atoms with Gasteiger partial charge in [-0.05, 0) is 30.5 Å². The Kier molecular flexibility index (Phi) is 4.55. The number of aryl methyl sites for hydroxylation is 1. The molecule has 118 valence electrons. The zero-order valence-electron chi connectivity index (χ0n) is 12.2. The van der Waals surface area contributed by atoms with Crippen LogP contribution in [-0.4, -0.2) is 9.55 Å². The highest BCUT2D eigenvalue weighted by atomic mass is 35.5. The molecule has 0 saturated carbocycles. The molecule has 0 bridgehead atoms. The molecule has 3 aromatic rings. The van der Waals surface area contributed by atoms with Gasteiger partial charge in [0.1, 0.15) is 0 Å². The Morgan fingerprint density at radius 3 is 2.52 bits per heavy atom. The van der Waals surface area contributed by atoms with Crippen LogP contribution in [-0.2, 0) is 13.0 Å². The molecular formula is C17H14Cl2N2O2. The van der Waals surface area contributed by atoms with Crippen LogP contribution in [0, 0.1) is 0 Å². The molecule has 0 amide bonds. The Bertz CT molecular complexity index is 962. The summed E-state index contributed by atoms with van der Waals surface area (Å²) < 4.78 is 1.19.